The highest BCUT2D eigenvalue weighted by molar-refractivity contribution is 6.24. The molecule has 0 aliphatic carbocycles. The van der Waals surface area contributed by atoms with Crippen LogP contribution < -0.4 is 4.90 Å². The Morgan fingerprint density at radius 2 is 0.719 bits per heavy atom. The average Bonchev–Trinajstić information content (AvgIpc) is 3.92. The molecule has 0 saturated heterocycles. The maximum absolute atomic E-state index is 2.45. The van der Waals surface area contributed by atoms with Gasteiger partial charge in [0.15, 0.2) is 0 Å². The van der Waals surface area contributed by atoms with Gasteiger partial charge in [0, 0.05) is 55.1 Å². The molecule has 0 amide bonds. The van der Waals surface area contributed by atoms with Gasteiger partial charge in [0.1, 0.15) is 0 Å². The van der Waals surface area contributed by atoms with Gasteiger partial charge in [-0.25, -0.2) is 0 Å². The fourth-order valence-corrected chi connectivity index (χ4v) is 9.25. The van der Waals surface area contributed by atoms with Crippen LogP contribution in [0.25, 0.3) is 87.8 Å². The molecule has 0 atom stereocenters. The van der Waals surface area contributed by atoms with Gasteiger partial charge in [-0.1, -0.05) is 133 Å². The van der Waals surface area contributed by atoms with Crippen LogP contribution in [0.1, 0.15) is 0 Å². The average molecular weight is 726 g/mol. The topological polar surface area (TPSA) is 12.6 Å². The van der Waals surface area contributed by atoms with Gasteiger partial charge >= 0.3 is 0 Å². The van der Waals surface area contributed by atoms with E-state index in [0.29, 0.717) is 0 Å². The van der Waals surface area contributed by atoms with Crippen molar-refractivity contribution in [3.05, 3.63) is 212 Å². The van der Waals surface area contributed by atoms with E-state index in [1.807, 2.05) is 0 Å². The molecular formula is C54H35N3. The Balaban J connectivity index is 1.02. The number of benzene rings is 9. The Kier molecular flexibility index (Phi) is 6.93. The smallest absolute Gasteiger partial charge is 0.0622 e. The molecular weight excluding hydrogens is 691 g/mol. The zero-order valence-corrected chi connectivity index (χ0v) is 31.0. The lowest BCUT2D eigenvalue weighted by molar-refractivity contribution is 1.18. The highest BCUT2D eigenvalue weighted by atomic mass is 15.1. The van der Waals surface area contributed by atoms with Crippen LogP contribution in [0.5, 0.6) is 0 Å². The third kappa shape index (κ3) is 4.86. The van der Waals surface area contributed by atoms with E-state index >= 15 is 0 Å². The van der Waals surface area contributed by atoms with E-state index in [-0.39, 0.29) is 0 Å². The van der Waals surface area contributed by atoms with Crippen molar-refractivity contribution in [2.24, 2.45) is 0 Å². The molecule has 0 radical (unpaired) electrons. The molecule has 0 fully saturated rings. The molecule has 0 bridgehead atoms. The van der Waals surface area contributed by atoms with Crippen LogP contribution in [-0.4, -0.2) is 8.97 Å². The lowest BCUT2D eigenvalue weighted by atomic mass is 10.0. The Hall–Kier alpha value is -7.62. The molecule has 266 valence electrons. The summed E-state index contributed by atoms with van der Waals surface area (Å²) in [6, 6.07) is 77.4. The van der Waals surface area contributed by atoms with E-state index < -0.39 is 0 Å². The molecule has 57 heavy (non-hydrogen) atoms. The number of fused-ring (bicyclic) bond motifs is 9. The predicted octanol–water partition coefficient (Wildman–Crippen LogP) is 14.7. The summed E-state index contributed by atoms with van der Waals surface area (Å²) in [7, 11) is 0. The van der Waals surface area contributed by atoms with Crippen molar-refractivity contribution in [1.82, 2.24) is 8.97 Å². The predicted molar refractivity (Wildman–Crippen MR) is 241 cm³/mol. The second kappa shape index (κ2) is 12.5. The number of anilines is 3. The molecule has 3 heterocycles. The van der Waals surface area contributed by atoms with Gasteiger partial charge in [-0.3, -0.25) is 0 Å². The Labute approximate surface area is 329 Å². The van der Waals surface area contributed by atoms with E-state index in [9.17, 15) is 0 Å². The van der Waals surface area contributed by atoms with Crippen molar-refractivity contribution in [3.8, 4) is 27.9 Å². The Bertz CT molecular complexity index is 3350. The number of hydrogen-bond donors (Lipinski definition) is 0. The maximum Gasteiger partial charge on any atom is 0.0622 e. The van der Waals surface area contributed by atoms with Crippen LogP contribution in [0.3, 0.4) is 0 Å². The van der Waals surface area contributed by atoms with Gasteiger partial charge in [0.2, 0.25) is 0 Å². The zero-order valence-electron chi connectivity index (χ0n) is 31.0. The number of para-hydroxylation sites is 4. The van der Waals surface area contributed by atoms with Crippen LogP contribution in [0.4, 0.5) is 17.1 Å². The summed E-state index contributed by atoms with van der Waals surface area (Å²) in [5, 5.41) is 7.57. The normalized spacial score (nSPS) is 11.9. The molecule has 0 aliphatic heterocycles. The molecule has 9 aromatic carbocycles. The van der Waals surface area contributed by atoms with Crippen LogP contribution in [0.15, 0.2) is 212 Å². The van der Waals surface area contributed by atoms with Gasteiger partial charge in [0.25, 0.3) is 0 Å². The fourth-order valence-electron chi connectivity index (χ4n) is 9.25. The third-order valence-corrected chi connectivity index (χ3v) is 11.8. The summed E-state index contributed by atoms with van der Waals surface area (Å²) in [6.07, 6.45) is 0. The number of hydrogen-bond acceptors (Lipinski definition) is 1. The first-order chi connectivity index (χ1) is 28.3. The minimum absolute atomic E-state index is 1.11. The molecule has 3 nitrogen and oxygen atoms in total. The summed E-state index contributed by atoms with van der Waals surface area (Å²) in [6.45, 7) is 0. The largest absolute Gasteiger partial charge is 0.310 e. The molecule has 3 aromatic heterocycles. The third-order valence-electron chi connectivity index (χ3n) is 11.8. The zero-order chi connectivity index (χ0) is 37.5. The number of nitrogens with zero attached hydrogens (tertiary/aromatic N) is 3. The number of aromatic nitrogens is 2. The first-order valence-corrected chi connectivity index (χ1v) is 19.6. The van der Waals surface area contributed by atoms with Crippen molar-refractivity contribution in [1.29, 1.82) is 0 Å². The van der Waals surface area contributed by atoms with Crippen molar-refractivity contribution < 1.29 is 0 Å². The first-order valence-electron chi connectivity index (χ1n) is 19.6. The second-order valence-electron chi connectivity index (χ2n) is 15.0. The van der Waals surface area contributed by atoms with Gasteiger partial charge < -0.3 is 13.9 Å². The van der Waals surface area contributed by atoms with E-state index in [1.54, 1.807) is 0 Å². The van der Waals surface area contributed by atoms with Crippen LogP contribution in [0, 0.1) is 0 Å². The minimum Gasteiger partial charge on any atom is -0.310 e. The molecule has 12 rings (SSSR count). The molecule has 0 aliphatic rings. The summed E-state index contributed by atoms with van der Waals surface area (Å²) in [5.74, 6) is 0. The quantitative estimate of drug-likeness (QED) is 0.166. The van der Waals surface area contributed by atoms with Crippen molar-refractivity contribution >= 4 is 77.0 Å². The summed E-state index contributed by atoms with van der Waals surface area (Å²) < 4.78 is 4.82. The molecule has 0 unspecified atom stereocenters. The molecule has 0 spiro atoms. The van der Waals surface area contributed by atoms with E-state index in [0.717, 1.165) is 17.1 Å². The Morgan fingerprint density at radius 1 is 0.281 bits per heavy atom. The molecule has 0 saturated carbocycles. The minimum atomic E-state index is 1.11. The fraction of sp³-hybridized carbons (Fsp3) is 0. The van der Waals surface area contributed by atoms with Gasteiger partial charge in [-0.15, -0.1) is 0 Å². The highest BCUT2D eigenvalue weighted by Gasteiger charge is 2.22. The van der Waals surface area contributed by atoms with Crippen LogP contribution >= 0.6 is 0 Å². The number of rotatable bonds is 6. The summed E-state index contributed by atoms with van der Waals surface area (Å²) >= 11 is 0. The van der Waals surface area contributed by atoms with Gasteiger partial charge in [-0.2, -0.15) is 0 Å². The van der Waals surface area contributed by atoms with Gasteiger partial charge in [-0.05, 0) is 101 Å². The van der Waals surface area contributed by atoms with Crippen molar-refractivity contribution in [3.63, 3.8) is 0 Å². The van der Waals surface area contributed by atoms with E-state index in [2.05, 4.69) is 226 Å². The highest BCUT2D eigenvalue weighted by Crippen LogP contribution is 2.45. The molecule has 0 N–H and O–H groups in total. The molecule has 3 heteroatoms. The van der Waals surface area contributed by atoms with Crippen LogP contribution in [0.2, 0.25) is 0 Å². The summed E-state index contributed by atoms with van der Waals surface area (Å²) in [5.41, 5.74) is 15.5. The van der Waals surface area contributed by atoms with Crippen LogP contribution in [-0.2, 0) is 0 Å². The SMILES string of the molecule is c1ccc(-c2ccc(N(c3ccc(-c4ccc5c(c4)c4ccccc4n5-c4ccccc4)cc3)c3cc4c5ccccc5n5c6ccccc6c(c3)c45)cc2)cc1. The standard InChI is InChI=1S/C54H35N3/c1-3-13-36(14-4-1)37-23-28-41(29-24-37)55(43-34-48-45-18-8-11-21-51(45)57-52-22-12-9-19-46(52)49(35-43)54(48)57)42-30-25-38(26-31-42)39-27-32-53-47(33-39)44-17-7-10-20-50(44)56(53)40-15-5-2-6-16-40/h1-35H. The van der Waals surface area contributed by atoms with Gasteiger partial charge in [0.05, 0.1) is 27.6 Å². The lowest BCUT2D eigenvalue weighted by Crippen LogP contribution is -2.10. The Morgan fingerprint density at radius 3 is 1.32 bits per heavy atom. The lowest BCUT2D eigenvalue weighted by Gasteiger charge is -2.26. The van der Waals surface area contributed by atoms with Crippen molar-refractivity contribution in [2.45, 2.75) is 0 Å². The second-order valence-corrected chi connectivity index (χ2v) is 15.0. The maximum atomic E-state index is 2.45. The van der Waals surface area contributed by atoms with Crippen molar-refractivity contribution in [2.75, 3.05) is 4.90 Å². The monoisotopic (exact) mass is 725 g/mol. The van der Waals surface area contributed by atoms with E-state index in [1.165, 1.54) is 87.8 Å². The molecule has 12 aromatic rings. The summed E-state index contributed by atoms with van der Waals surface area (Å²) in [4.78, 5) is 2.41. The van der Waals surface area contributed by atoms with E-state index in [4.69, 9.17) is 0 Å². The first kappa shape index (κ1) is 31.7.